The van der Waals surface area contributed by atoms with Crippen molar-refractivity contribution in [2.24, 2.45) is 0 Å². The summed E-state index contributed by atoms with van der Waals surface area (Å²) in [5.41, 5.74) is 1.08. The van der Waals surface area contributed by atoms with E-state index in [1.807, 2.05) is 6.92 Å². The predicted octanol–water partition coefficient (Wildman–Crippen LogP) is 2.40. The van der Waals surface area contributed by atoms with Gasteiger partial charge in [0, 0.05) is 19.6 Å². The molecule has 1 amide bonds. The number of hydrogen-bond donors (Lipinski definition) is 1. The van der Waals surface area contributed by atoms with Gasteiger partial charge in [0.1, 0.15) is 17.8 Å². The van der Waals surface area contributed by atoms with Crippen molar-refractivity contribution in [3.63, 3.8) is 0 Å². The van der Waals surface area contributed by atoms with Crippen LogP contribution < -0.4 is 10.1 Å². The summed E-state index contributed by atoms with van der Waals surface area (Å²) in [4.78, 5) is 27.2. The van der Waals surface area contributed by atoms with Crippen LogP contribution >= 0.6 is 0 Å². The van der Waals surface area contributed by atoms with Crippen molar-refractivity contribution >= 4 is 29.0 Å². The van der Waals surface area contributed by atoms with Crippen LogP contribution in [0.15, 0.2) is 16.5 Å². The smallest absolute Gasteiger partial charge is 0.224 e. The zero-order valence-electron chi connectivity index (χ0n) is 12.5. The lowest BCUT2D eigenvalue weighted by Crippen LogP contribution is -2.11. The first-order valence-corrected chi connectivity index (χ1v) is 7.00. The summed E-state index contributed by atoms with van der Waals surface area (Å²) >= 11 is 0. The summed E-state index contributed by atoms with van der Waals surface area (Å²) in [6.45, 7) is 2.68. The fourth-order valence-corrected chi connectivity index (χ4v) is 1.92. The SMILES string of the molecule is CCCC(=O)Nc1c(C=O)oc2ccc(OCCOC)nc12. The van der Waals surface area contributed by atoms with E-state index in [1.54, 1.807) is 19.2 Å². The molecule has 2 heterocycles. The summed E-state index contributed by atoms with van der Waals surface area (Å²) in [5.74, 6) is 0.218. The maximum absolute atomic E-state index is 11.8. The van der Waals surface area contributed by atoms with E-state index in [4.69, 9.17) is 13.9 Å². The second-order valence-corrected chi connectivity index (χ2v) is 4.59. The molecule has 0 aromatic carbocycles. The predicted molar refractivity (Wildman–Crippen MR) is 80.3 cm³/mol. The van der Waals surface area contributed by atoms with Gasteiger partial charge in [0.15, 0.2) is 17.6 Å². The van der Waals surface area contributed by atoms with E-state index in [1.165, 1.54) is 0 Å². The normalized spacial score (nSPS) is 10.6. The van der Waals surface area contributed by atoms with Gasteiger partial charge < -0.3 is 19.2 Å². The number of pyridine rings is 1. The maximum Gasteiger partial charge on any atom is 0.224 e. The molecule has 0 unspecified atom stereocenters. The minimum Gasteiger partial charge on any atom is -0.475 e. The van der Waals surface area contributed by atoms with Gasteiger partial charge in [0.05, 0.1) is 6.61 Å². The van der Waals surface area contributed by atoms with Crippen LogP contribution in [0, 0.1) is 0 Å². The minimum absolute atomic E-state index is 0.0426. The van der Waals surface area contributed by atoms with Crippen LogP contribution in [0.5, 0.6) is 5.88 Å². The highest BCUT2D eigenvalue weighted by atomic mass is 16.5. The highest BCUT2D eigenvalue weighted by Crippen LogP contribution is 2.30. The first-order valence-electron chi connectivity index (χ1n) is 7.00. The summed E-state index contributed by atoms with van der Waals surface area (Å²) < 4.78 is 15.7. The molecule has 7 heteroatoms. The quantitative estimate of drug-likeness (QED) is 0.595. The molecule has 0 atom stereocenters. The van der Waals surface area contributed by atoms with E-state index in [9.17, 15) is 9.59 Å². The first kappa shape index (κ1) is 16.0. The monoisotopic (exact) mass is 306 g/mol. The van der Waals surface area contributed by atoms with Crippen molar-refractivity contribution < 1.29 is 23.5 Å². The lowest BCUT2D eigenvalue weighted by molar-refractivity contribution is -0.116. The minimum atomic E-state index is -0.194. The fourth-order valence-electron chi connectivity index (χ4n) is 1.92. The van der Waals surface area contributed by atoms with Crippen molar-refractivity contribution in [1.82, 2.24) is 4.98 Å². The molecule has 7 nitrogen and oxygen atoms in total. The molecular weight excluding hydrogens is 288 g/mol. The second-order valence-electron chi connectivity index (χ2n) is 4.59. The molecular formula is C15H18N2O5. The van der Waals surface area contributed by atoms with Gasteiger partial charge in [-0.05, 0) is 12.5 Å². The number of carbonyl (C=O) groups is 2. The Balaban J connectivity index is 2.32. The molecule has 1 N–H and O–H groups in total. The third-order valence-corrected chi connectivity index (χ3v) is 2.92. The highest BCUT2D eigenvalue weighted by Gasteiger charge is 2.18. The number of aromatic nitrogens is 1. The third kappa shape index (κ3) is 3.62. The van der Waals surface area contributed by atoms with Crippen molar-refractivity contribution in [2.45, 2.75) is 19.8 Å². The van der Waals surface area contributed by atoms with Crippen molar-refractivity contribution in [1.29, 1.82) is 0 Å². The molecule has 0 fully saturated rings. The number of furan rings is 1. The van der Waals surface area contributed by atoms with Crippen LogP contribution in [0.4, 0.5) is 5.69 Å². The molecule has 2 rings (SSSR count). The Morgan fingerprint density at radius 2 is 2.23 bits per heavy atom. The van der Waals surface area contributed by atoms with Crippen LogP contribution in [0.2, 0.25) is 0 Å². The van der Waals surface area contributed by atoms with Gasteiger partial charge in [0.2, 0.25) is 11.8 Å². The van der Waals surface area contributed by atoms with Crippen LogP contribution in [0.25, 0.3) is 11.1 Å². The zero-order valence-corrected chi connectivity index (χ0v) is 12.5. The fraction of sp³-hybridized carbons (Fsp3) is 0.400. The summed E-state index contributed by atoms with van der Waals surface area (Å²) in [6, 6.07) is 3.28. The van der Waals surface area contributed by atoms with E-state index in [-0.39, 0.29) is 17.4 Å². The molecule has 118 valence electrons. The zero-order chi connectivity index (χ0) is 15.9. The largest absolute Gasteiger partial charge is 0.475 e. The molecule has 0 saturated heterocycles. The van der Waals surface area contributed by atoms with Crippen molar-refractivity contribution in [3.05, 3.63) is 17.9 Å². The number of anilines is 1. The molecule has 0 saturated carbocycles. The standard InChI is InChI=1S/C15H18N2O5/c1-3-4-12(19)16-15-11(9-18)22-10-5-6-13(17-14(10)15)21-8-7-20-2/h5-6,9H,3-4,7-8H2,1-2H3,(H,16,19). The molecule has 22 heavy (non-hydrogen) atoms. The van der Waals surface area contributed by atoms with Crippen molar-refractivity contribution in [2.75, 3.05) is 25.6 Å². The topological polar surface area (TPSA) is 90.7 Å². The van der Waals surface area contributed by atoms with Gasteiger partial charge in [0.25, 0.3) is 0 Å². The molecule has 0 bridgehead atoms. The average molecular weight is 306 g/mol. The number of nitrogens with one attached hydrogen (secondary N) is 1. The van der Waals surface area contributed by atoms with Crippen molar-refractivity contribution in [3.8, 4) is 5.88 Å². The lowest BCUT2D eigenvalue weighted by atomic mass is 10.3. The molecule has 2 aromatic heterocycles. The lowest BCUT2D eigenvalue weighted by Gasteiger charge is -2.05. The summed E-state index contributed by atoms with van der Waals surface area (Å²) in [5, 5.41) is 2.67. The van der Waals surface area contributed by atoms with Gasteiger partial charge >= 0.3 is 0 Å². The number of carbonyl (C=O) groups excluding carboxylic acids is 2. The number of amides is 1. The van der Waals surface area contributed by atoms with Gasteiger partial charge in [-0.15, -0.1) is 0 Å². The number of nitrogens with zero attached hydrogens (tertiary/aromatic N) is 1. The Labute approximate surface area is 127 Å². The summed E-state index contributed by atoms with van der Waals surface area (Å²) in [6.07, 6.45) is 1.61. The third-order valence-electron chi connectivity index (χ3n) is 2.92. The van der Waals surface area contributed by atoms with Crippen LogP contribution in [0.1, 0.15) is 30.3 Å². The van der Waals surface area contributed by atoms with Gasteiger partial charge in [-0.1, -0.05) is 6.92 Å². The Bertz CT molecular complexity index is 665. The number of ether oxygens (including phenoxy) is 2. The number of fused-ring (bicyclic) bond motifs is 1. The number of rotatable bonds is 8. The molecule has 2 aromatic rings. The Hall–Kier alpha value is -2.41. The van der Waals surface area contributed by atoms with E-state index in [0.717, 1.165) is 0 Å². The highest BCUT2D eigenvalue weighted by molar-refractivity contribution is 6.05. The van der Waals surface area contributed by atoms with Gasteiger partial charge in [-0.3, -0.25) is 9.59 Å². The second kappa shape index (κ2) is 7.56. The Morgan fingerprint density at radius 3 is 2.91 bits per heavy atom. The van der Waals surface area contributed by atoms with Gasteiger partial charge in [-0.2, -0.15) is 0 Å². The Morgan fingerprint density at radius 1 is 1.41 bits per heavy atom. The molecule has 0 spiro atoms. The summed E-state index contributed by atoms with van der Waals surface area (Å²) in [7, 11) is 1.58. The van der Waals surface area contributed by atoms with E-state index in [2.05, 4.69) is 10.3 Å². The average Bonchev–Trinajstić information content (AvgIpc) is 2.85. The molecule has 0 aliphatic carbocycles. The van der Waals surface area contributed by atoms with E-state index in [0.29, 0.717) is 49.3 Å². The van der Waals surface area contributed by atoms with Crippen LogP contribution in [-0.2, 0) is 9.53 Å². The van der Waals surface area contributed by atoms with Crippen LogP contribution in [0.3, 0.4) is 0 Å². The number of aldehydes is 1. The first-order chi connectivity index (χ1) is 10.7. The van der Waals surface area contributed by atoms with E-state index < -0.39 is 0 Å². The maximum atomic E-state index is 11.8. The molecule has 0 aliphatic heterocycles. The number of hydrogen-bond acceptors (Lipinski definition) is 6. The molecule has 0 radical (unpaired) electrons. The number of methoxy groups -OCH3 is 1. The van der Waals surface area contributed by atoms with E-state index >= 15 is 0 Å². The van der Waals surface area contributed by atoms with Gasteiger partial charge in [-0.25, -0.2) is 4.98 Å². The Kier molecular flexibility index (Phi) is 5.48. The van der Waals surface area contributed by atoms with Crippen LogP contribution in [-0.4, -0.2) is 37.5 Å². The molecule has 0 aliphatic rings.